The molecule has 194 valence electrons. The minimum Gasteiger partial charge on any atom is -0.379 e. The van der Waals surface area contributed by atoms with Crippen molar-refractivity contribution < 1.29 is 40.8 Å². The van der Waals surface area contributed by atoms with Crippen molar-refractivity contribution >= 4 is 19.3 Å². The summed E-state index contributed by atoms with van der Waals surface area (Å²) < 4.78 is 67.9. The van der Waals surface area contributed by atoms with Crippen molar-refractivity contribution in [3.05, 3.63) is 95.1 Å². The van der Waals surface area contributed by atoms with Crippen LogP contribution in [0.25, 0.3) is 11.3 Å². The molecule has 4 N–H and O–H groups in total. The van der Waals surface area contributed by atoms with Crippen molar-refractivity contribution in [2.24, 2.45) is 0 Å². The van der Waals surface area contributed by atoms with Crippen molar-refractivity contribution in [1.82, 2.24) is 5.16 Å². The van der Waals surface area contributed by atoms with Crippen LogP contribution in [0.4, 0.5) is 24.7 Å². The molecule has 4 rings (SSSR count). The van der Waals surface area contributed by atoms with Crippen molar-refractivity contribution in [3.63, 3.8) is 0 Å². The van der Waals surface area contributed by atoms with Crippen LogP contribution in [0.5, 0.6) is 0 Å². The first-order chi connectivity index (χ1) is 17.7. The van der Waals surface area contributed by atoms with Gasteiger partial charge < -0.3 is 14.7 Å². The van der Waals surface area contributed by atoms with Gasteiger partial charge in [0, 0.05) is 26.1 Å². The van der Waals surface area contributed by atoms with Gasteiger partial charge in [-0.05, 0) is 35.4 Å². The summed E-state index contributed by atoms with van der Waals surface area (Å²) in [5.74, 6) is -3.40. The lowest BCUT2D eigenvalue weighted by molar-refractivity contribution is -0.711. The molecule has 0 aliphatic carbocycles. The molecule has 37 heavy (non-hydrogen) atoms. The van der Waals surface area contributed by atoms with E-state index in [0.717, 1.165) is 30.4 Å². The normalized spacial score (nSPS) is 12.9. The third kappa shape index (κ3) is 6.36. The number of benzene rings is 2. The fourth-order valence-electron chi connectivity index (χ4n) is 3.44. The van der Waals surface area contributed by atoms with Gasteiger partial charge in [0.2, 0.25) is 6.73 Å². The predicted octanol–water partition coefficient (Wildman–Crippen LogP) is 4.55. The quantitative estimate of drug-likeness (QED) is 0.154. The van der Waals surface area contributed by atoms with Crippen LogP contribution in [0.2, 0.25) is 0 Å². The molecule has 1 unspecified atom stereocenters. The number of hydrogen-bond donors (Lipinski definition) is 3. The molecule has 0 amide bonds. The van der Waals surface area contributed by atoms with E-state index in [9.17, 15) is 22.6 Å². The summed E-state index contributed by atoms with van der Waals surface area (Å²) in [5, 5.41) is 6.83. The summed E-state index contributed by atoms with van der Waals surface area (Å²) in [4.78, 5) is 9.42. The molecular weight excluding hydrogens is 512 g/mol. The lowest BCUT2D eigenvalue weighted by atomic mass is 10.1. The summed E-state index contributed by atoms with van der Waals surface area (Å²) >= 11 is 0. The summed E-state index contributed by atoms with van der Waals surface area (Å²) in [5.41, 5.74) is 8.92. The maximum atomic E-state index is 13.8. The zero-order chi connectivity index (χ0) is 26.6. The first-order valence-electron chi connectivity index (χ1n) is 10.9. The van der Waals surface area contributed by atoms with E-state index in [1.54, 1.807) is 24.4 Å². The van der Waals surface area contributed by atoms with E-state index in [0.29, 0.717) is 23.4 Å². The second-order valence-electron chi connectivity index (χ2n) is 7.94. The summed E-state index contributed by atoms with van der Waals surface area (Å²) in [6.07, 6.45) is 2.02. The Balaban J connectivity index is 1.40. The van der Waals surface area contributed by atoms with Gasteiger partial charge in [0.05, 0.1) is 17.6 Å². The SMILES string of the molecule is COP(=O)(O)OC[n+]1cccc(-c2cc(Cc3ccc(CNc4ccc(F)c(F)c4F)cc3)no2)c1N. The van der Waals surface area contributed by atoms with Crippen molar-refractivity contribution in [3.8, 4) is 11.3 Å². The number of halogens is 3. The van der Waals surface area contributed by atoms with Gasteiger partial charge in [-0.25, -0.2) is 26.8 Å². The molecule has 9 nitrogen and oxygen atoms in total. The van der Waals surface area contributed by atoms with E-state index >= 15 is 0 Å². The third-order valence-corrected chi connectivity index (χ3v) is 6.36. The van der Waals surface area contributed by atoms with Crippen molar-refractivity contribution in [2.75, 3.05) is 18.2 Å². The minimum atomic E-state index is -4.17. The molecule has 1 atom stereocenters. The van der Waals surface area contributed by atoms with Gasteiger partial charge in [-0.3, -0.25) is 10.3 Å². The number of nitrogen functional groups attached to an aromatic ring is 1. The van der Waals surface area contributed by atoms with E-state index in [2.05, 4.69) is 15.0 Å². The summed E-state index contributed by atoms with van der Waals surface area (Å²) in [6.45, 7) is -0.101. The summed E-state index contributed by atoms with van der Waals surface area (Å²) in [6, 6.07) is 14.5. The molecule has 0 bridgehead atoms. The monoisotopic (exact) mass is 535 g/mol. The standard InChI is InChI=1S/C24H22F3N4O5P/c1-34-37(32,33)35-14-31-10-2-3-18(24(31)28)21-12-17(30-36-21)11-15-4-6-16(7-5-15)13-29-20-9-8-19(25)22(26)23(20)27/h2-10,12,28-29H,11,13-14H2,1H3,(H,32,33)/p+1. The van der Waals surface area contributed by atoms with Crippen LogP contribution in [-0.4, -0.2) is 17.2 Å². The van der Waals surface area contributed by atoms with E-state index in [1.165, 1.54) is 4.57 Å². The first-order valence-corrected chi connectivity index (χ1v) is 12.4. The highest BCUT2D eigenvalue weighted by Gasteiger charge is 2.23. The topological polar surface area (TPSA) is 124 Å². The lowest BCUT2D eigenvalue weighted by Gasteiger charge is -2.09. The molecule has 2 heterocycles. The molecule has 0 spiro atoms. The van der Waals surface area contributed by atoms with Gasteiger partial charge in [0.1, 0.15) is 5.56 Å². The largest absolute Gasteiger partial charge is 0.475 e. The van der Waals surface area contributed by atoms with Crippen molar-refractivity contribution in [2.45, 2.75) is 19.7 Å². The maximum absolute atomic E-state index is 13.8. The number of nitrogens with two attached hydrogens (primary N) is 1. The molecule has 4 aromatic rings. The first kappa shape index (κ1) is 26.4. The highest BCUT2D eigenvalue weighted by molar-refractivity contribution is 7.47. The molecule has 2 aromatic heterocycles. The molecule has 0 saturated carbocycles. The second-order valence-corrected chi connectivity index (χ2v) is 9.50. The van der Waals surface area contributed by atoms with Crippen LogP contribution < -0.4 is 15.6 Å². The van der Waals surface area contributed by atoms with Crippen LogP contribution in [0.1, 0.15) is 16.8 Å². The Morgan fingerprint density at radius 2 is 1.84 bits per heavy atom. The Labute approximate surface area is 209 Å². The number of nitrogens with zero attached hydrogens (tertiary/aromatic N) is 2. The molecule has 0 radical (unpaired) electrons. The zero-order valence-electron chi connectivity index (χ0n) is 19.5. The number of rotatable bonds is 10. The number of anilines is 2. The molecule has 2 aromatic carbocycles. The van der Waals surface area contributed by atoms with Crippen molar-refractivity contribution in [1.29, 1.82) is 0 Å². The van der Waals surface area contributed by atoms with E-state index in [-0.39, 0.29) is 24.8 Å². The average molecular weight is 535 g/mol. The Morgan fingerprint density at radius 3 is 2.57 bits per heavy atom. The Kier molecular flexibility index (Phi) is 7.94. The van der Waals surface area contributed by atoms with Gasteiger partial charge in [0.15, 0.2) is 23.2 Å². The highest BCUT2D eigenvalue weighted by Crippen LogP contribution is 2.41. The summed E-state index contributed by atoms with van der Waals surface area (Å²) in [7, 11) is -3.11. The van der Waals surface area contributed by atoms with Crippen LogP contribution in [0.15, 0.2) is 65.3 Å². The molecule has 0 fully saturated rings. The number of phosphoric acid groups is 1. The zero-order valence-corrected chi connectivity index (χ0v) is 20.4. The Bertz CT molecular complexity index is 1450. The molecule has 0 saturated heterocycles. The number of hydrogen-bond acceptors (Lipinski definition) is 7. The number of nitrogens with one attached hydrogen (secondary N) is 1. The van der Waals surface area contributed by atoms with Crippen LogP contribution >= 0.6 is 7.82 Å². The maximum Gasteiger partial charge on any atom is 0.475 e. The lowest BCUT2D eigenvalue weighted by Crippen LogP contribution is -2.38. The number of phosphoric ester groups is 1. The van der Waals surface area contributed by atoms with Crippen LogP contribution in [0.3, 0.4) is 0 Å². The third-order valence-electron chi connectivity index (χ3n) is 5.46. The van der Waals surface area contributed by atoms with E-state index in [4.69, 9.17) is 14.8 Å². The molecular formula is C24H23F3N4O5P+. The Hall–Kier alpha value is -3.70. The van der Waals surface area contributed by atoms with Gasteiger partial charge in [-0.2, -0.15) is 0 Å². The molecule has 13 heteroatoms. The van der Waals surface area contributed by atoms with Crippen LogP contribution in [0, 0.1) is 17.5 Å². The minimum absolute atomic E-state index is 0.129. The van der Waals surface area contributed by atoms with Gasteiger partial charge >= 0.3 is 7.82 Å². The Morgan fingerprint density at radius 1 is 1.11 bits per heavy atom. The fraction of sp³-hybridized carbons (Fsp3) is 0.167. The number of aromatic nitrogens is 2. The number of pyridine rings is 1. The van der Waals surface area contributed by atoms with Gasteiger partial charge in [-0.15, -0.1) is 0 Å². The van der Waals surface area contributed by atoms with E-state index in [1.807, 2.05) is 24.3 Å². The molecule has 0 aliphatic rings. The average Bonchev–Trinajstić information content (AvgIpc) is 3.35. The predicted molar refractivity (Wildman–Crippen MR) is 127 cm³/mol. The van der Waals surface area contributed by atoms with Gasteiger partial charge in [0.25, 0.3) is 5.82 Å². The fourth-order valence-corrected chi connectivity index (χ4v) is 3.81. The van der Waals surface area contributed by atoms with E-state index < -0.39 is 25.3 Å². The highest BCUT2D eigenvalue weighted by atomic mass is 31.2. The second kappa shape index (κ2) is 11.1. The molecule has 0 aliphatic heterocycles. The smallest absolute Gasteiger partial charge is 0.379 e. The van der Waals surface area contributed by atoms with Gasteiger partial charge in [-0.1, -0.05) is 29.4 Å². The van der Waals surface area contributed by atoms with Crippen LogP contribution in [-0.2, 0) is 33.3 Å².